The molecule has 7 heteroatoms. The summed E-state index contributed by atoms with van der Waals surface area (Å²) in [6.45, 7) is 9.31. The Morgan fingerprint density at radius 3 is 2.60 bits per heavy atom. The van der Waals surface area contributed by atoms with Gasteiger partial charge in [-0.2, -0.15) is 0 Å². The lowest BCUT2D eigenvalue weighted by molar-refractivity contribution is -0.291. The first-order valence-corrected chi connectivity index (χ1v) is 8.50. The Hall–Kier alpha value is -1.70. The van der Waals surface area contributed by atoms with Crippen LogP contribution in [0.2, 0.25) is 0 Å². The fraction of sp³-hybridized carbons (Fsp3) is 0.667. The molecule has 0 aromatic carbocycles. The summed E-state index contributed by atoms with van der Waals surface area (Å²) < 4.78 is 17.2. The molecule has 2 aliphatic heterocycles. The van der Waals surface area contributed by atoms with Crippen molar-refractivity contribution >= 4 is 6.09 Å². The number of aliphatic hydroxyl groups is 1. The van der Waals surface area contributed by atoms with Crippen molar-refractivity contribution in [1.82, 2.24) is 9.88 Å². The molecule has 4 atom stereocenters. The smallest absolute Gasteiger partial charge is 0.411 e. The summed E-state index contributed by atoms with van der Waals surface area (Å²) in [5, 5.41) is 10.9. The van der Waals surface area contributed by atoms with E-state index in [0.717, 1.165) is 5.56 Å². The maximum Gasteiger partial charge on any atom is 0.411 e. The van der Waals surface area contributed by atoms with E-state index in [9.17, 15) is 9.90 Å². The molecule has 2 saturated heterocycles. The number of nitrogens with zero attached hydrogens (tertiary/aromatic N) is 2. The van der Waals surface area contributed by atoms with Gasteiger partial charge in [0, 0.05) is 12.4 Å². The van der Waals surface area contributed by atoms with Crippen LogP contribution in [0.3, 0.4) is 0 Å². The zero-order chi connectivity index (χ0) is 18.4. The van der Waals surface area contributed by atoms with Crippen LogP contribution in [0.15, 0.2) is 24.5 Å². The van der Waals surface area contributed by atoms with E-state index in [2.05, 4.69) is 4.98 Å². The predicted molar refractivity (Wildman–Crippen MR) is 89.7 cm³/mol. The number of aromatic nitrogens is 1. The van der Waals surface area contributed by atoms with E-state index in [4.69, 9.17) is 14.2 Å². The molecule has 0 bridgehead atoms. The quantitative estimate of drug-likeness (QED) is 0.837. The fourth-order valence-electron chi connectivity index (χ4n) is 3.39. The highest BCUT2D eigenvalue weighted by Crippen LogP contribution is 2.43. The van der Waals surface area contributed by atoms with Crippen LogP contribution in [-0.4, -0.2) is 57.3 Å². The summed E-state index contributed by atoms with van der Waals surface area (Å²) in [6, 6.07) is 2.57. The number of likely N-dealkylation sites (tertiary alicyclic amines) is 1. The Morgan fingerprint density at radius 1 is 1.36 bits per heavy atom. The molecule has 1 aromatic heterocycles. The lowest BCUT2D eigenvalue weighted by Gasteiger charge is -2.40. The minimum absolute atomic E-state index is 0.273. The average molecular weight is 350 g/mol. The van der Waals surface area contributed by atoms with Crippen LogP contribution in [0.1, 0.15) is 46.2 Å². The van der Waals surface area contributed by atoms with Crippen molar-refractivity contribution in [1.29, 1.82) is 0 Å². The van der Waals surface area contributed by atoms with Crippen molar-refractivity contribution in [2.75, 3.05) is 6.61 Å². The van der Waals surface area contributed by atoms with Crippen molar-refractivity contribution in [3.63, 3.8) is 0 Å². The van der Waals surface area contributed by atoms with Gasteiger partial charge in [-0.05, 0) is 52.3 Å². The second-order valence-electron chi connectivity index (χ2n) is 7.96. The third-order valence-corrected chi connectivity index (χ3v) is 4.37. The molecular formula is C18H26N2O5. The van der Waals surface area contributed by atoms with Gasteiger partial charge in [0.05, 0.1) is 18.7 Å². The molecule has 0 saturated carbocycles. The lowest BCUT2D eigenvalue weighted by Crippen LogP contribution is -2.54. The molecule has 2 fully saturated rings. The Balaban J connectivity index is 1.97. The largest absolute Gasteiger partial charge is 0.444 e. The van der Waals surface area contributed by atoms with Gasteiger partial charge in [0.25, 0.3) is 0 Å². The SMILES string of the molecule is CC(C)(C)OC(=O)N1[C@@H]2COC(C)(C)O[C@H]2[C@@H](O)[C@@H]1c1ccncc1. The number of hydrogen-bond acceptors (Lipinski definition) is 6. The van der Waals surface area contributed by atoms with Crippen molar-refractivity contribution in [3.8, 4) is 0 Å². The van der Waals surface area contributed by atoms with E-state index in [-0.39, 0.29) is 6.61 Å². The van der Waals surface area contributed by atoms with E-state index in [0.29, 0.717) is 0 Å². The molecule has 3 rings (SSSR count). The second-order valence-corrected chi connectivity index (χ2v) is 7.96. The van der Waals surface area contributed by atoms with Crippen molar-refractivity contribution in [2.45, 2.75) is 70.3 Å². The zero-order valence-corrected chi connectivity index (χ0v) is 15.3. The summed E-state index contributed by atoms with van der Waals surface area (Å²) in [7, 11) is 0. The van der Waals surface area contributed by atoms with Gasteiger partial charge in [-0.25, -0.2) is 4.79 Å². The normalized spacial score (nSPS) is 31.5. The first-order chi connectivity index (χ1) is 11.6. The van der Waals surface area contributed by atoms with Gasteiger partial charge in [0.15, 0.2) is 5.79 Å². The number of aliphatic hydroxyl groups excluding tert-OH is 1. The summed E-state index contributed by atoms with van der Waals surface area (Å²) in [5.74, 6) is -0.811. The van der Waals surface area contributed by atoms with Gasteiger partial charge < -0.3 is 19.3 Å². The maximum absolute atomic E-state index is 12.9. The van der Waals surface area contributed by atoms with Crippen LogP contribution >= 0.6 is 0 Å². The van der Waals surface area contributed by atoms with Gasteiger partial charge >= 0.3 is 6.09 Å². The van der Waals surface area contributed by atoms with Crippen LogP contribution in [-0.2, 0) is 14.2 Å². The van der Waals surface area contributed by atoms with Gasteiger partial charge in [0.1, 0.15) is 17.8 Å². The van der Waals surface area contributed by atoms with E-state index >= 15 is 0 Å². The highest BCUT2D eigenvalue weighted by molar-refractivity contribution is 5.70. The number of hydrogen-bond donors (Lipinski definition) is 1. The van der Waals surface area contributed by atoms with Gasteiger partial charge in [-0.3, -0.25) is 9.88 Å². The molecule has 25 heavy (non-hydrogen) atoms. The number of ether oxygens (including phenoxy) is 3. The van der Waals surface area contributed by atoms with Crippen molar-refractivity contribution in [3.05, 3.63) is 30.1 Å². The molecular weight excluding hydrogens is 324 g/mol. The molecule has 0 spiro atoms. The first kappa shape index (κ1) is 18.1. The molecule has 138 valence electrons. The Morgan fingerprint density at radius 2 is 2.00 bits per heavy atom. The molecule has 7 nitrogen and oxygen atoms in total. The van der Waals surface area contributed by atoms with E-state index in [1.54, 1.807) is 43.3 Å². The third-order valence-electron chi connectivity index (χ3n) is 4.37. The van der Waals surface area contributed by atoms with Gasteiger partial charge in [-0.15, -0.1) is 0 Å². The molecule has 0 radical (unpaired) electrons. The van der Waals surface area contributed by atoms with E-state index < -0.39 is 41.8 Å². The Labute approximate surface area is 147 Å². The van der Waals surface area contributed by atoms with Crippen LogP contribution in [0.25, 0.3) is 0 Å². The minimum atomic E-state index is -0.886. The van der Waals surface area contributed by atoms with Crippen LogP contribution in [0.4, 0.5) is 4.79 Å². The predicted octanol–water partition coefficient (Wildman–Crippen LogP) is 2.25. The third kappa shape index (κ3) is 3.63. The summed E-state index contributed by atoms with van der Waals surface area (Å²) in [6.07, 6.45) is 1.35. The highest BCUT2D eigenvalue weighted by Gasteiger charge is 2.56. The monoisotopic (exact) mass is 350 g/mol. The minimum Gasteiger partial charge on any atom is -0.444 e. The number of carbonyl (C=O) groups excluding carboxylic acids is 1. The standard InChI is InChI=1S/C18H26N2O5/c1-17(2,3)25-16(22)20-12-10-23-18(4,5)24-15(12)14(21)13(20)11-6-8-19-9-7-11/h6-9,12-15,21H,10H2,1-5H3/t12-,13+,14+,15-/m1/s1. The number of carbonyl (C=O) groups is 1. The summed E-state index contributed by atoms with van der Waals surface area (Å²) in [4.78, 5) is 18.4. The molecule has 1 amide bonds. The van der Waals surface area contributed by atoms with Crippen LogP contribution < -0.4 is 0 Å². The number of fused-ring (bicyclic) bond motifs is 1. The first-order valence-electron chi connectivity index (χ1n) is 8.50. The lowest BCUT2D eigenvalue weighted by atomic mass is 10.0. The number of pyridine rings is 1. The van der Waals surface area contributed by atoms with Gasteiger partial charge in [-0.1, -0.05) is 0 Å². The molecule has 1 aromatic rings. The number of amides is 1. The van der Waals surface area contributed by atoms with E-state index in [1.807, 2.05) is 20.8 Å². The van der Waals surface area contributed by atoms with Crippen molar-refractivity contribution in [2.24, 2.45) is 0 Å². The van der Waals surface area contributed by atoms with Crippen LogP contribution in [0.5, 0.6) is 0 Å². The summed E-state index contributed by atoms with van der Waals surface area (Å²) >= 11 is 0. The number of rotatable bonds is 1. The molecule has 1 N–H and O–H groups in total. The van der Waals surface area contributed by atoms with Crippen LogP contribution in [0, 0.1) is 0 Å². The highest BCUT2D eigenvalue weighted by atomic mass is 16.7. The average Bonchev–Trinajstić information content (AvgIpc) is 2.78. The topological polar surface area (TPSA) is 81.1 Å². The fourth-order valence-corrected chi connectivity index (χ4v) is 3.39. The Kier molecular flexibility index (Phi) is 4.51. The van der Waals surface area contributed by atoms with Crippen molar-refractivity contribution < 1.29 is 24.1 Å². The van der Waals surface area contributed by atoms with E-state index in [1.165, 1.54) is 0 Å². The Bertz CT molecular complexity index is 628. The second kappa shape index (κ2) is 6.23. The van der Waals surface area contributed by atoms with Gasteiger partial charge in [0.2, 0.25) is 0 Å². The zero-order valence-electron chi connectivity index (χ0n) is 15.3. The summed E-state index contributed by atoms with van der Waals surface area (Å²) in [5.41, 5.74) is 0.141. The molecule has 2 aliphatic rings. The molecule has 0 unspecified atom stereocenters. The maximum atomic E-state index is 12.9. The molecule has 0 aliphatic carbocycles. The molecule has 3 heterocycles.